The Hall–Kier alpha value is -1.31. The highest BCUT2D eigenvalue weighted by Crippen LogP contribution is 2.21. The van der Waals surface area contributed by atoms with Gasteiger partial charge in [0.25, 0.3) is 0 Å². The number of pyridine rings is 1. The number of aryl methyl sites for hydroxylation is 1. The summed E-state index contributed by atoms with van der Waals surface area (Å²) in [4.78, 5) is 4.62. The largest absolute Gasteiger partial charge is 0.307 e. The molecule has 0 aromatic carbocycles. The average Bonchev–Trinajstić information content (AvgIpc) is 2.59. The van der Waals surface area contributed by atoms with Crippen molar-refractivity contribution in [3.05, 3.63) is 35.8 Å². The number of aromatic nitrogens is 2. The standard InChI is InChI=1S/C13H18N2/c1-5-10-6-7-12-14-11(13(2,3)4)9-15(12)8-10/h6-9H,5H2,1-4H3. The van der Waals surface area contributed by atoms with Crippen LogP contribution in [0.3, 0.4) is 0 Å². The predicted molar refractivity (Wildman–Crippen MR) is 63.3 cm³/mol. The van der Waals surface area contributed by atoms with E-state index in [1.807, 2.05) is 0 Å². The van der Waals surface area contributed by atoms with Crippen molar-refractivity contribution >= 4 is 5.65 Å². The van der Waals surface area contributed by atoms with E-state index < -0.39 is 0 Å². The van der Waals surface area contributed by atoms with Crippen molar-refractivity contribution in [2.75, 3.05) is 0 Å². The van der Waals surface area contributed by atoms with Crippen molar-refractivity contribution in [2.24, 2.45) is 0 Å². The van der Waals surface area contributed by atoms with E-state index in [1.165, 1.54) is 5.56 Å². The van der Waals surface area contributed by atoms with Crippen LogP contribution in [0.15, 0.2) is 24.5 Å². The van der Waals surface area contributed by atoms with Crippen molar-refractivity contribution in [2.45, 2.75) is 39.5 Å². The molecule has 0 unspecified atom stereocenters. The van der Waals surface area contributed by atoms with Gasteiger partial charge in [-0.3, -0.25) is 0 Å². The maximum Gasteiger partial charge on any atom is 0.137 e. The van der Waals surface area contributed by atoms with Crippen LogP contribution >= 0.6 is 0 Å². The van der Waals surface area contributed by atoms with Gasteiger partial charge in [-0.1, -0.05) is 33.8 Å². The number of nitrogens with zero attached hydrogens (tertiary/aromatic N) is 2. The fourth-order valence-electron chi connectivity index (χ4n) is 1.61. The Balaban J connectivity index is 2.56. The zero-order chi connectivity index (χ0) is 11.1. The molecule has 0 amide bonds. The van der Waals surface area contributed by atoms with E-state index in [0.29, 0.717) is 0 Å². The summed E-state index contributed by atoms with van der Waals surface area (Å²) in [5, 5.41) is 0. The zero-order valence-corrected chi connectivity index (χ0v) is 9.91. The minimum absolute atomic E-state index is 0.123. The van der Waals surface area contributed by atoms with E-state index in [-0.39, 0.29) is 5.41 Å². The molecule has 0 fully saturated rings. The third-order valence-corrected chi connectivity index (χ3v) is 2.69. The van der Waals surface area contributed by atoms with Gasteiger partial charge in [0.15, 0.2) is 0 Å². The monoisotopic (exact) mass is 202 g/mol. The molecular weight excluding hydrogens is 184 g/mol. The summed E-state index contributed by atoms with van der Waals surface area (Å²) in [6.45, 7) is 8.74. The van der Waals surface area contributed by atoms with Crippen molar-refractivity contribution in [1.29, 1.82) is 0 Å². The van der Waals surface area contributed by atoms with Crippen molar-refractivity contribution in [3.63, 3.8) is 0 Å². The number of hydrogen-bond acceptors (Lipinski definition) is 1. The second kappa shape index (κ2) is 3.37. The summed E-state index contributed by atoms with van der Waals surface area (Å²) in [5.41, 5.74) is 3.66. The van der Waals surface area contributed by atoms with Crippen LogP contribution in [0, 0.1) is 0 Å². The lowest BCUT2D eigenvalue weighted by atomic mass is 9.93. The maximum atomic E-state index is 4.62. The van der Waals surface area contributed by atoms with Crippen LogP contribution in [0.5, 0.6) is 0 Å². The minimum Gasteiger partial charge on any atom is -0.307 e. The summed E-state index contributed by atoms with van der Waals surface area (Å²) in [6, 6.07) is 4.24. The molecule has 0 saturated carbocycles. The fraction of sp³-hybridized carbons (Fsp3) is 0.462. The highest BCUT2D eigenvalue weighted by molar-refractivity contribution is 5.42. The topological polar surface area (TPSA) is 17.3 Å². The summed E-state index contributed by atoms with van der Waals surface area (Å²) in [5.74, 6) is 0. The minimum atomic E-state index is 0.123. The SMILES string of the molecule is CCc1ccc2nc(C(C)(C)C)cn2c1. The quantitative estimate of drug-likeness (QED) is 0.694. The smallest absolute Gasteiger partial charge is 0.137 e. The third-order valence-electron chi connectivity index (χ3n) is 2.69. The van der Waals surface area contributed by atoms with Gasteiger partial charge in [-0.05, 0) is 18.1 Å². The van der Waals surface area contributed by atoms with Crippen LogP contribution < -0.4 is 0 Å². The molecule has 0 radical (unpaired) electrons. The van der Waals surface area contributed by atoms with E-state index in [4.69, 9.17) is 0 Å². The molecule has 2 heterocycles. The molecule has 0 aliphatic heterocycles. The first-order valence-corrected chi connectivity index (χ1v) is 5.49. The first-order valence-electron chi connectivity index (χ1n) is 5.49. The van der Waals surface area contributed by atoms with Crippen LogP contribution in [-0.4, -0.2) is 9.38 Å². The summed E-state index contributed by atoms with van der Waals surface area (Å²) >= 11 is 0. The van der Waals surface area contributed by atoms with Gasteiger partial charge in [-0.2, -0.15) is 0 Å². The van der Waals surface area contributed by atoms with Crippen molar-refractivity contribution in [3.8, 4) is 0 Å². The lowest BCUT2D eigenvalue weighted by Crippen LogP contribution is -2.11. The summed E-state index contributed by atoms with van der Waals surface area (Å²) in [6.07, 6.45) is 5.37. The molecule has 2 rings (SSSR count). The van der Waals surface area contributed by atoms with Gasteiger partial charge >= 0.3 is 0 Å². The first-order chi connectivity index (χ1) is 7.00. The molecule has 2 heteroatoms. The van der Waals surface area contributed by atoms with E-state index in [2.05, 4.69) is 61.6 Å². The molecule has 15 heavy (non-hydrogen) atoms. The van der Waals surface area contributed by atoms with Crippen molar-refractivity contribution < 1.29 is 0 Å². The zero-order valence-electron chi connectivity index (χ0n) is 9.91. The third kappa shape index (κ3) is 1.89. The number of rotatable bonds is 1. The Morgan fingerprint density at radius 2 is 1.93 bits per heavy atom. The summed E-state index contributed by atoms with van der Waals surface area (Å²) in [7, 11) is 0. The Morgan fingerprint density at radius 3 is 2.53 bits per heavy atom. The Kier molecular flexibility index (Phi) is 2.29. The molecular formula is C13H18N2. The molecule has 0 aliphatic carbocycles. The van der Waals surface area contributed by atoms with Gasteiger partial charge in [0.2, 0.25) is 0 Å². The number of fused-ring (bicyclic) bond motifs is 1. The molecule has 0 aliphatic rings. The van der Waals surface area contributed by atoms with E-state index in [0.717, 1.165) is 17.8 Å². The Bertz CT molecular complexity index is 475. The molecule has 2 nitrogen and oxygen atoms in total. The van der Waals surface area contributed by atoms with Crippen LogP contribution in [0.4, 0.5) is 0 Å². The van der Waals surface area contributed by atoms with Gasteiger partial charge in [0, 0.05) is 17.8 Å². The molecule has 0 spiro atoms. The predicted octanol–water partition coefficient (Wildman–Crippen LogP) is 3.19. The van der Waals surface area contributed by atoms with Crippen LogP contribution in [0.2, 0.25) is 0 Å². The molecule has 2 aromatic rings. The molecule has 0 atom stereocenters. The first kappa shape index (κ1) is 10.2. The van der Waals surface area contributed by atoms with Gasteiger partial charge < -0.3 is 4.40 Å². The van der Waals surface area contributed by atoms with Crippen LogP contribution in [-0.2, 0) is 11.8 Å². The lowest BCUT2D eigenvalue weighted by molar-refractivity contribution is 0.573. The second-order valence-electron chi connectivity index (χ2n) is 5.03. The number of imidazole rings is 1. The molecule has 80 valence electrons. The number of hydrogen-bond donors (Lipinski definition) is 0. The van der Waals surface area contributed by atoms with Crippen LogP contribution in [0.25, 0.3) is 5.65 Å². The molecule has 0 N–H and O–H groups in total. The molecule has 0 saturated heterocycles. The highest BCUT2D eigenvalue weighted by Gasteiger charge is 2.17. The van der Waals surface area contributed by atoms with Gasteiger partial charge in [0.1, 0.15) is 5.65 Å². The molecule has 0 bridgehead atoms. The molecule has 2 aromatic heterocycles. The average molecular weight is 202 g/mol. The second-order valence-corrected chi connectivity index (χ2v) is 5.03. The van der Waals surface area contributed by atoms with E-state index in [9.17, 15) is 0 Å². The Labute approximate surface area is 91.0 Å². The normalized spacial score (nSPS) is 12.3. The van der Waals surface area contributed by atoms with Crippen LogP contribution in [0.1, 0.15) is 39.0 Å². The fourth-order valence-corrected chi connectivity index (χ4v) is 1.61. The summed E-state index contributed by atoms with van der Waals surface area (Å²) < 4.78 is 2.12. The van der Waals surface area contributed by atoms with Gasteiger partial charge in [-0.15, -0.1) is 0 Å². The van der Waals surface area contributed by atoms with Gasteiger partial charge in [-0.25, -0.2) is 4.98 Å². The van der Waals surface area contributed by atoms with Crippen molar-refractivity contribution in [1.82, 2.24) is 9.38 Å². The lowest BCUT2D eigenvalue weighted by Gasteiger charge is -2.13. The van der Waals surface area contributed by atoms with Gasteiger partial charge in [0.05, 0.1) is 5.69 Å². The van der Waals surface area contributed by atoms with E-state index in [1.54, 1.807) is 0 Å². The van der Waals surface area contributed by atoms with E-state index >= 15 is 0 Å². The maximum absolute atomic E-state index is 4.62. The Morgan fingerprint density at radius 1 is 1.20 bits per heavy atom. The highest BCUT2D eigenvalue weighted by atomic mass is 15.0.